The third-order valence-corrected chi connectivity index (χ3v) is 2.81. The summed E-state index contributed by atoms with van der Waals surface area (Å²) in [4.78, 5) is 0.396. The number of benzene rings is 2. The third-order valence-electron chi connectivity index (χ3n) is 2.57. The zero-order valence-corrected chi connectivity index (χ0v) is 11.3. The molecule has 0 amide bonds. The van der Waals surface area contributed by atoms with Crippen molar-refractivity contribution in [3.05, 3.63) is 59.2 Å². The van der Waals surface area contributed by atoms with E-state index >= 15 is 0 Å². The predicted molar refractivity (Wildman–Crippen MR) is 78.3 cm³/mol. The molecule has 0 unspecified atom stereocenters. The van der Waals surface area contributed by atoms with Gasteiger partial charge < -0.3 is 10.5 Å². The Labute approximate surface area is 112 Å². The van der Waals surface area contributed by atoms with Crippen molar-refractivity contribution in [3.63, 3.8) is 0 Å². The lowest BCUT2D eigenvalue weighted by atomic mass is 10.1. The van der Waals surface area contributed by atoms with E-state index in [-0.39, 0.29) is 0 Å². The van der Waals surface area contributed by atoms with Crippen LogP contribution in [0.5, 0.6) is 11.5 Å². The molecule has 0 saturated heterocycles. The van der Waals surface area contributed by atoms with Crippen LogP contribution in [0.1, 0.15) is 16.7 Å². The Balaban J connectivity index is 2.20. The molecule has 0 bridgehead atoms. The van der Waals surface area contributed by atoms with Gasteiger partial charge in [0.2, 0.25) is 0 Å². The van der Waals surface area contributed by atoms with Crippen LogP contribution in [0.4, 0.5) is 0 Å². The second-order valence-corrected chi connectivity index (χ2v) is 4.75. The van der Waals surface area contributed by atoms with Crippen molar-refractivity contribution in [1.82, 2.24) is 0 Å². The monoisotopic (exact) mass is 257 g/mol. The Hall–Kier alpha value is -1.87. The van der Waals surface area contributed by atoms with Gasteiger partial charge in [-0.2, -0.15) is 0 Å². The van der Waals surface area contributed by atoms with Crippen LogP contribution in [0.25, 0.3) is 0 Å². The fourth-order valence-electron chi connectivity index (χ4n) is 1.82. The molecule has 2 nitrogen and oxygen atoms in total. The minimum atomic E-state index is 0.396. The molecule has 0 heterocycles. The van der Waals surface area contributed by atoms with E-state index in [4.69, 9.17) is 22.7 Å². The number of ether oxygens (including phenoxy) is 1. The van der Waals surface area contributed by atoms with Gasteiger partial charge in [0, 0.05) is 5.56 Å². The molecule has 18 heavy (non-hydrogen) atoms. The molecule has 0 aliphatic carbocycles. The molecule has 92 valence electrons. The smallest absolute Gasteiger partial charge is 0.127 e. The van der Waals surface area contributed by atoms with Gasteiger partial charge in [-0.15, -0.1) is 0 Å². The second kappa shape index (κ2) is 5.19. The van der Waals surface area contributed by atoms with E-state index in [1.807, 2.05) is 36.4 Å². The SMILES string of the molecule is Cc1cc(C)cc(Oc2ccc(C(N)=S)cc2)c1. The maximum absolute atomic E-state index is 5.79. The highest BCUT2D eigenvalue weighted by atomic mass is 32.1. The molecule has 2 aromatic rings. The Morgan fingerprint density at radius 1 is 0.944 bits per heavy atom. The minimum Gasteiger partial charge on any atom is -0.457 e. The van der Waals surface area contributed by atoms with Gasteiger partial charge in [-0.25, -0.2) is 0 Å². The zero-order valence-electron chi connectivity index (χ0n) is 10.4. The lowest BCUT2D eigenvalue weighted by molar-refractivity contribution is 0.482. The zero-order chi connectivity index (χ0) is 13.1. The Kier molecular flexibility index (Phi) is 3.63. The summed E-state index contributed by atoms with van der Waals surface area (Å²) in [5, 5.41) is 0. The fraction of sp³-hybridized carbons (Fsp3) is 0.133. The predicted octanol–water partition coefficient (Wildman–Crippen LogP) is 3.73. The van der Waals surface area contributed by atoms with Gasteiger partial charge in [0.25, 0.3) is 0 Å². The van der Waals surface area contributed by atoms with Crippen molar-refractivity contribution in [2.24, 2.45) is 5.73 Å². The van der Waals surface area contributed by atoms with Crippen molar-refractivity contribution in [2.45, 2.75) is 13.8 Å². The van der Waals surface area contributed by atoms with Crippen LogP contribution in [0, 0.1) is 13.8 Å². The van der Waals surface area contributed by atoms with Gasteiger partial charge >= 0.3 is 0 Å². The highest BCUT2D eigenvalue weighted by Gasteiger charge is 2.01. The van der Waals surface area contributed by atoms with Crippen LogP contribution >= 0.6 is 12.2 Å². The van der Waals surface area contributed by atoms with Crippen molar-refractivity contribution in [1.29, 1.82) is 0 Å². The van der Waals surface area contributed by atoms with Crippen LogP contribution in [0.2, 0.25) is 0 Å². The average molecular weight is 257 g/mol. The topological polar surface area (TPSA) is 35.2 Å². The molecule has 0 atom stereocenters. The van der Waals surface area contributed by atoms with Gasteiger partial charge in [-0.1, -0.05) is 18.3 Å². The minimum absolute atomic E-state index is 0.396. The molecule has 0 fully saturated rings. The number of rotatable bonds is 3. The highest BCUT2D eigenvalue weighted by Crippen LogP contribution is 2.23. The highest BCUT2D eigenvalue weighted by molar-refractivity contribution is 7.80. The summed E-state index contributed by atoms with van der Waals surface area (Å²) in [7, 11) is 0. The average Bonchev–Trinajstić information content (AvgIpc) is 2.28. The summed E-state index contributed by atoms with van der Waals surface area (Å²) in [6.45, 7) is 4.10. The Morgan fingerprint density at radius 3 is 2.00 bits per heavy atom. The molecule has 2 N–H and O–H groups in total. The molecule has 0 aromatic heterocycles. The van der Waals surface area contributed by atoms with E-state index in [0.717, 1.165) is 17.1 Å². The van der Waals surface area contributed by atoms with Crippen molar-refractivity contribution in [3.8, 4) is 11.5 Å². The summed E-state index contributed by atoms with van der Waals surface area (Å²) in [5.41, 5.74) is 8.76. The van der Waals surface area contributed by atoms with Crippen molar-refractivity contribution in [2.75, 3.05) is 0 Å². The summed E-state index contributed by atoms with van der Waals surface area (Å²) in [5.74, 6) is 1.62. The van der Waals surface area contributed by atoms with Gasteiger partial charge in [0.1, 0.15) is 16.5 Å². The summed E-state index contributed by atoms with van der Waals surface area (Å²) in [6, 6.07) is 13.6. The molecule has 0 spiro atoms. The van der Waals surface area contributed by atoms with E-state index in [9.17, 15) is 0 Å². The molecule has 2 rings (SSSR count). The van der Waals surface area contributed by atoms with Crippen LogP contribution in [-0.4, -0.2) is 4.99 Å². The van der Waals surface area contributed by atoms with Crippen LogP contribution in [0.3, 0.4) is 0 Å². The first-order chi connectivity index (χ1) is 8.54. The summed E-state index contributed by atoms with van der Waals surface area (Å²) >= 11 is 4.91. The van der Waals surface area contributed by atoms with Gasteiger partial charge in [0.05, 0.1) is 0 Å². The first kappa shape index (κ1) is 12.6. The summed E-state index contributed by atoms with van der Waals surface area (Å²) in [6.07, 6.45) is 0. The Morgan fingerprint density at radius 2 is 1.50 bits per heavy atom. The normalized spacial score (nSPS) is 10.1. The van der Waals surface area contributed by atoms with Crippen LogP contribution in [0.15, 0.2) is 42.5 Å². The quantitative estimate of drug-likeness (QED) is 0.851. The first-order valence-electron chi connectivity index (χ1n) is 5.70. The van der Waals surface area contributed by atoms with E-state index < -0.39 is 0 Å². The molecule has 3 heteroatoms. The standard InChI is InChI=1S/C15H15NOS/c1-10-7-11(2)9-14(8-10)17-13-5-3-12(4-6-13)15(16)18/h3-9H,1-2H3,(H2,16,18). The molecule has 2 aromatic carbocycles. The molecule has 0 saturated carbocycles. The van der Waals surface area contributed by atoms with Gasteiger partial charge in [0.15, 0.2) is 0 Å². The number of nitrogens with two attached hydrogens (primary N) is 1. The van der Waals surface area contributed by atoms with E-state index in [1.165, 1.54) is 11.1 Å². The third kappa shape index (κ3) is 3.08. The summed E-state index contributed by atoms with van der Waals surface area (Å²) < 4.78 is 5.79. The largest absolute Gasteiger partial charge is 0.457 e. The second-order valence-electron chi connectivity index (χ2n) is 4.31. The van der Waals surface area contributed by atoms with E-state index in [2.05, 4.69) is 19.9 Å². The first-order valence-corrected chi connectivity index (χ1v) is 6.11. The van der Waals surface area contributed by atoms with Crippen LogP contribution < -0.4 is 10.5 Å². The molecule has 0 radical (unpaired) electrons. The lowest BCUT2D eigenvalue weighted by Crippen LogP contribution is -2.08. The van der Waals surface area contributed by atoms with E-state index in [1.54, 1.807) is 0 Å². The molecular weight excluding hydrogens is 242 g/mol. The van der Waals surface area contributed by atoms with Crippen molar-refractivity contribution < 1.29 is 4.74 Å². The maximum Gasteiger partial charge on any atom is 0.127 e. The van der Waals surface area contributed by atoms with Crippen molar-refractivity contribution >= 4 is 17.2 Å². The van der Waals surface area contributed by atoms with E-state index in [0.29, 0.717) is 4.99 Å². The number of hydrogen-bond donors (Lipinski definition) is 1. The number of thiocarbonyl (C=S) groups is 1. The number of hydrogen-bond acceptors (Lipinski definition) is 2. The lowest BCUT2D eigenvalue weighted by Gasteiger charge is -2.08. The van der Waals surface area contributed by atoms with Gasteiger partial charge in [-0.05, 0) is 61.4 Å². The van der Waals surface area contributed by atoms with Crippen LogP contribution in [-0.2, 0) is 0 Å². The maximum atomic E-state index is 5.79. The molecule has 0 aliphatic rings. The number of aryl methyl sites for hydroxylation is 2. The van der Waals surface area contributed by atoms with Gasteiger partial charge in [-0.3, -0.25) is 0 Å². The molecule has 0 aliphatic heterocycles. The molecular formula is C15H15NOS. The fourth-order valence-corrected chi connectivity index (χ4v) is 1.95. The Bertz CT molecular complexity index is 555.